The summed E-state index contributed by atoms with van der Waals surface area (Å²) in [4.78, 5) is 26.2. The first kappa shape index (κ1) is 17.8. The number of hydrogen-bond donors (Lipinski definition) is 2. The van der Waals surface area contributed by atoms with Crippen LogP contribution in [-0.2, 0) is 16.1 Å². The van der Waals surface area contributed by atoms with E-state index in [0.717, 1.165) is 17.1 Å². The number of benzene rings is 2. The van der Waals surface area contributed by atoms with Crippen molar-refractivity contribution >= 4 is 17.5 Å². The molecule has 1 aromatic heterocycles. The highest BCUT2D eigenvalue weighted by Crippen LogP contribution is 2.24. The van der Waals surface area contributed by atoms with E-state index in [1.165, 1.54) is 0 Å². The topological polar surface area (TPSA) is 87.3 Å². The lowest BCUT2D eigenvalue weighted by Crippen LogP contribution is -2.32. The number of H-pyrrole nitrogens is 1. The van der Waals surface area contributed by atoms with Crippen molar-refractivity contribution in [3.8, 4) is 11.5 Å². The molecule has 0 unspecified atom stereocenters. The first-order valence-electron chi connectivity index (χ1n) is 9.08. The number of nitrogens with zero attached hydrogens (tertiary/aromatic N) is 2. The largest absolute Gasteiger partial charge is 0.457 e. The Morgan fingerprint density at radius 2 is 1.89 bits per heavy atom. The fourth-order valence-electron chi connectivity index (χ4n) is 3.16. The standard InChI is InChI=1S/C21H20N4O3/c26-20-10-16(14-25(20)17-12-23-24-13-17)21(27)22-11-15-6-8-19(9-7-15)28-18-4-2-1-3-5-18/h1-9,12-13,16H,10-11,14H2,(H,22,27)(H,23,24)/t16-/m0/s1. The lowest BCUT2D eigenvalue weighted by molar-refractivity contribution is -0.126. The van der Waals surface area contributed by atoms with E-state index in [1.807, 2.05) is 54.6 Å². The second-order valence-electron chi connectivity index (χ2n) is 6.64. The van der Waals surface area contributed by atoms with Crippen LogP contribution in [0.4, 0.5) is 5.69 Å². The normalized spacial score (nSPS) is 16.2. The third-order valence-corrected chi connectivity index (χ3v) is 4.66. The molecule has 2 heterocycles. The van der Waals surface area contributed by atoms with Crippen molar-refractivity contribution in [2.24, 2.45) is 5.92 Å². The maximum atomic E-state index is 12.4. The number of amides is 2. The molecule has 3 aromatic rings. The highest BCUT2D eigenvalue weighted by atomic mass is 16.5. The molecular weight excluding hydrogens is 356 g/mol. The van der Waals surface area contributed by atoms with Gasteiger partial charge in [0, 0.05) is 25.7 Å². The van der Waals surface area contributed by atoms with Gasteiger partial charge in [-0.15, -0.1) is 0 Å². The van der Waals surface area contributed by atoms with Crippen LogP contribution < -0.4 is 15.0 Å². The number of ether oxygens (including phenoxy) is 1. The molecule has 0 radical (unpaired) electrons. The van der Waals surface area contributed by atoms with Gasteiger partial charge < -0.3 is 15.0 Å². The number of nitrogens with one attached hydrogen (secondary N) is 2. The maximum absolute atomic E-state index is 12.4. The molecule has 0 aliphatic carbocycles. The van der Waals surface area contributed by atoms with Crippen molar-refractivity contribution in [1.82, 2.24) is 15.5 Å². The molecule has 4 rings (SSSR count). The molecule has 7 heteroatoms. The third kappa shape index (κ3) is 4.03. The van der Waals surface area contributed by atoms with Crippen LogP contribution in [0.25, 0.3) is 0 Å². The summed E-state index contributed by atoms with van der Waals surface area (Å²) in [5.41, 5.74) is 1.65. The Hall–Kier alpha value is -3.61. The molecule has 0 spiro atoms. The number of rotatable bonds is 6. The first-order chi connectivity index (χ1) is 13.7. The van der Waals surface area contributed by atoms with Gasteiger partial charge in [-0.25, -0.2) is 0 Å². The molecule has 28 heavy (non-hydrogen) atoms. The molecule has 2 amide bonds. The SMILES string of the molecule is O=C(NCc1ccc(Oc2ccccc2)cc1)[C@H]1CC(=O)N(c2cn[nH]c2)C1. The quantitative estimate of drug-likeness (QED) is 0.693. The van der Waals surface area contributed by atoms with Gasteiger partial charge in [0.1, 0.15) is 11.5 Å². The van der Waals surface area contributed by atoms with Crippen molar-refractivity contribution in [3.05, 3.63) is 72.6 Å². The van der Waals surface area contributed by atoms with E-state index >= 15 is 0 Å². The third-order valence-electron chi connectivity index (χ3n) is 4.66. The van der Waals surface area contributed by atoms with Crippen LogP contribution in [-0.4, -0.2) is 28.6 Å². The summed E-state index contributed by atoms with van der Waals surface area (Å²) in [6.45, 7) is 0.773. The van der Waals surface area contributed by atoms with Crippen molar-refractivity contribution < 1.29 is 14.3 Å². The fourth-order valence-corrected chi connectivity index (χ4v) is 3.16. The number of carbonyl (C=O) groups excluding carboxylic acids is 2. The van der Waals surface area contributed by atoms with Gasteiger partial charge in [-0.2, -0.15) is 5.10 Å². The Labute approximate surface area is 162 Å². The summed E-state index contributed by atoms with van der Waals surface area (Å²) in [6.07, 6.45) is 3.44. The molecule has 1 fully saturated rings. The molecule has 2 aromatic carbocycles. The molecule has 1 aliphatic heterocycles. The summed E-state index contributed by atoms with van der Waals surface area (Å²) >= 11 is 0. The van der Waals surface area contributed by atoms with Crippen LogP contribution in [0, 0.1) is 5.92 Å². The van der Waals surface area contributed by atoms with Gasteiger partial charge in [0.05, 0.1) is 17.8 Å². The Morgan fingerprint density at radius 3 is 2.61 bits per heavy atom. The van der Waals surface area contributed by atoms with Crippen molar-refractivity contribution in [2.75, 3.05) is 11.4 Å². The van der Waals surface area contributed by atoms with E-state index in [0.29, 0.717) is 18.8 Å². The zero-order valence-corrected chi connectivity index (χ0v) is 15.2. The number of para-hydroxylation sites is 1. The molecule has 2 N–H and O–H groups in total. The van der Waals surface area contributed by atoms with Crippen molar-refractivity contribution in [2.45, 2.75) is 13.0 Å². The molecule has 7 nitrogen and oxygen atoms in total. The van der Waals surface area contributed by atoms with Gasteiger partial charge in [-0.05, 0) is 29.8 Å². The Balaban J connectivity index is 1.29. The second kappa shape index (κ2) is 7.96. The Morgan fingerprint density at radius 1 is 1.14 bits per heavy atom. The number of aromatic amines is 1. The Kier molecular flexibility index (Phi) is 5.05. The fraction of sp³-hybridized carbons (Fsp3) is 0.190. The average molecular weight is 376 g/mol. The lowest BCUT2D eigenvalue weighted by Gasteiger charge is -2.14. The summed E-state index contributed by atoms with van der Waals surface area (Å²) in [7, 11) is 0. The van der Waals surface area contributed by atoms with E-state index in [1.54, 1.807) is 17.3 Å². The molecule has 142 valence electrons. The van der Waals surface area contributed by atoms with Crippen LogP contribution in [0.1, 0.15) is 12.0 Å². The molecular formula is C21H20N4O3. The molecule has 0 bridgehead atoms. The minimum absolute atomic E-state index is 0.0658. The summed E-state index contributed by atoms with van der Waals surface area (Å²) < 4.78 is 5.76. The van der Waals surface area contributed by atoms with Crippen LogP contribution in [0.2, 0.25) is 0 Å². The highest BCUT2D eigenvalue weighted by Gasteiger charge is 2.35. The predicted molar refractivity (Wildman–Crippen MR) is 104 cm³/mol. The van der Waals surface area contributed by atoms with E-state index in [4.69, 9.17) is 4.74 Å². The predicted octanol–water partition coefficient (Wildman–Crippen LogP) is 2.87. The van der Waals surface area contributed by atoms with Crippen LogP contribution >= 0.6 is 0 Å². The average Bonchev–Trinajstić information content (AvgIpc) is 3.37. The van der Waals surface area contributed by atoms with Gasteiger partial charge in [0.2, 0.25) is 11.8 Å². The molecule has 0 saturated carbocycles. The van der Waals surface area contributed by atoms with Gasteiger partial charge in [0.25, 0.3) is 0 Å². The zero-order chi connectivity index (χ0) is 19.3. The van der Waals surface area contributed by atoms with E-state index in [-0.39, 0.29) is 24.2 Å². The number of hydrogen-bond acceptors (Lipinski definition) is 4. The van der Waals surface area contributed by atoms with Crippen molar-refractivity contribution in [3.63, 3.8) is 0 Å². The van der Waals surface area contributed by atoms with E-state index in [9.17, 15) is 9.59 Å². The van der Waals surface area contributed by atoms with Crippen LogP contribution in [0.3, 0.4) is 0 Å². The van der Waals surface area contributed by atoms with Crippen molar-refractivity contribution in [1.29, 1.82) is 0 Å². The van der Waals surface area contributed by atoms with Gasteiger partial charge in [-0.3, -0.25) is 14.7 Å². The molecule has 1 atom stereocenters. The van der Waals surface area contributed by atoms with Gasteiger partial charge >= 0.3 is 0 Å². The maximum Gasteiger partial charge on any atom is 0.227 e. The monoisotopic (exact) mass is 376 g/mol. The second-order valence-corrected chi connectivity index (χ2v) is 6.64. The lowest BCUT2D eigenvalue weighted by atomic mass is 10.1. The zero-order valence-electron chi connectivity index (χ0n) is 15.2. The molecule has 1 aliphatic rings. The molecule has 1 saturated heterocycles. The number of carbonyl (C=O) groups is 2. The number of aromatic nitrogens is 2. The summed E-state index contributed by atoms with van der Waals surface area (Å²) in [5.74, 6) is 0.964. The van der Waals surface area contributed by atoms with E-state index in [2.05, 4.69) is 15.5 Å². The minimum Gasteiger partial charge on any atom is -0.457 e. The smallest absolute Gasteiger partial charge is 0.227 e. The summed E-state index contributed by atoms with van der Waals surface area (Å²) in [6, 6.07) is 17.1. The van der Waals surface area contributed by atoms with Gasteiger partial charge in [-0.1, -0.05) is 30.3 Å². The Bertz CT molecular complexity index is 940. The number of anilines is 1. The minimum atomic E-state index is -0.358. The summed E-state index contributed by atoms with van der Waals surface area (Å²) in [5, 5.41) is 9.45. The first-order valence-corrected chi connectivity index (χ1v) is 9.08. The highest BCUT2D eigenvalue weighted by molar-refractivity contribution is 6.00. The van der Waals surface area contributed by atoms with Crippen LogP contribution in [0.15, 0.2) is 67.0 Å². The van der Waals surface area contributed by atoms with E-state index < -0.39 is 0 Å². The van der Waals surface area contributed by atoms with Crippen LogP contribution in [0.5, 0.6) is 11.5 Å². The van der Waals surface area contributed by atoms with Gasteiger partial charge in [0.15, 0.2) is 0 Å².